The van der Waals surface area contributed by atoms with Gasteiger partial charge in [0.15, 0.2) is 0 Å². The predicted molar refractivity (Wildman–Crippen MR) is 144 cm³/mol. The molecule has 4 aromatic rings. The van der Waals surface area contributed by atoms with Gasteiger partial charge in [-0.15, -0.1) is 0 Å². The molecule has 5 rings (SSSR count). The van der Waals surface area contributed by atoms with E-state index in [0.717, 1.165) is 35.7 Å². The molecule has 0 saturated heterocycles. The van der Waals surface area contributed by atoms with Crippen molar-refractivity contribution in [3.63, 3.8) is 0 Å². The highest BCUT2D eigenvalue weighted by Crippen LogP contribution is 2.33. The van der Waals surface area contributed by atoms with E-state index in [1.54, 1.807) is 24.5 Å². The number of nitrogens with zero attached hydrogens (tertiary/aromatic N) is 5. The molecule has 1 saturated carbocycles. The van der Waals surface area contributed by atoms with E-state index < -0.39 is 5.76 Å². The maximum Gasteiger partial charge on any atom is 0.439 e. The number of rotatable bonds is 7. The highest BCUT2D eigenvalue weighted by Gasteiger charge is 2.23. The van der Waals surface area contributed by atoms with Gasteiger partial charge in [-0.05, 0) is 30.9 Å². The number of aromatic nitrogens is 6. The molecule has 1 N–H and O–H groups in total. The van der Waals surface area contributed by atoms with Gasteiger partial charge in [0.05, 0.1) is 21.7 Å². The minimum absolute atomic E-state index is 0.150. The number of H-pyrrole nitrogens is 1. The van der Waals surface area contributed by atoms with E-state index in [9.17, 15) is 4.79 Å². The lowest BCUT2D eigenvalue weighted by atomic mass is 9.91. The molecule has 1 aliphatic rings. The molecular formula is C27H35ClN6O3. The smallest absolute Gasteiger partial charge is 0.370 e. The summed E-state index contributed by atoms with van der Waals surface area (Å²) in [4.78, 5) is 27.7. The van der Waals surface area contributed by atoms with Crippen LogP contribution in [0, 0.1) is 5.92 Å². The van der Waals surface area contributed by atoms with Crippen molar-refractivity contribution < 1.29 is 9.26 Å². The number of hydrogen-bond acceptors (Lipinski definition) is 7. The van der Waals surface area contributed by atoms with Crippen LogP contribution >= 0.6 is 11.6 Å². The van der Waals surface area contributed by atoms with Crippen molar-refractivity contribution in [3.05, 3.63) is 45.9 Å². The van der Waals surface area contributed by atoms with E-state index >= 15 is 0 Å². The number of hydrogen-bond donors (Lipinski definition) is 1. The van der Waals surface area contributed by atoms with Gasteiger partial charge in [-0.25, -0.2) is 14.8 Å². The third-order valence-corrected chi connectivity index (χ3v) is 6.83. The normalized spacial score (nSPS) is 14.9. The summed E-state index contributed by atoms with van der Waals surface area (Å²) in [6, 6.07) is 3.55. The molecule has 0 spiro atoms. The number of halogens is 1. The van der Waals surface area contributed by atoms with Crippen molar-refractivity contribution in [2.75, 3.05) is 6.61 Å². The molecule has 9 nitrogen and oxygen atoms in total. The third kappa shape index (κ3) is 6.45. The fourth-order valence-electron chi connectivity index (χ4n) is 4.69. The second-order valence-corrected chi connectivity index (χ2v) is 10.0. The van der Waals surface area contributed by atoms with Gasteiger partial charge in [-0.2, -0.15) is 0 Å². The quantitative estimate of drug-likeness (QED) is 0.293. The van der Waals surface area contributed by atoms with E-state index in [1.165, 1.54) is 32.1 Å². The fourth-order valence-corrected chi connectivity index (χ4v) is 4.86. The van der Waals surface area contributed by atoms with E-state index in [4.69, 9.17) is 26.3 Å². The van der Waals surface area contributed by atoms with Gasteiger partial charge in [0.25, 0.3) is 0 Å². The Morgan fingerprint density at radius 3 is 2.57 bits per heavy atom. The van der Waals surface area contributed by atoms with Crippen molar-refractivity contribution >= 4 is 22.6 Å². The van der Waals surface area contributed by atoms with Crippen LogP contribution in [0.2, 0.25) is 5.02 Å². The third-order valence-electron chi connectivity index (χ3n) is 6.62. The summed E-state index contributed by atoms with van der Waals surface area (Å²) in [6.45, 7) is 7.14. The van der Waals surface area contributed by atoms with Gasteiger partial charge in [0, 0.05) is 31.6 Å². The summed E-state index contributed by atoms with van der Waals surface area (Å²) in [6.07, 6.45) is 12.2. The Labute approximate surface area is 221 Å². The molecule has 0 amide bonds. The average Bonchev–Trinajstić information content (AvgIpc) is 3.48. The van der Waals surface area contributed by atoms with Crippen LogP contribution < -0.4 is 5.76 Å². The molecule has 4 heterocycles. The van der Waals surface area contributed by atoms with E-state index in [0.29, 0.717) is 28.5 Å². The first-order valence-electron chi connectivity index (χ1n) is 13.1. The molecule has 1 fully saturated rings. The maximum absolute atomic E-state index is 11.4. The summed E-state index contributed by atoms with van der Waals surface area (Å²) < 4.78 is 12.6. The monoisotopic (exact) mass is 526 g/mol. The van der Waals surface area contributed by atoms with Crippen molar-refractivity contribution in [3.8, 4) is 22.8 Å². The van der Waals surface area contributed by atoms with Gasteiger partial charge in [-0.3, -0.25) is 14.5 Å². The number of imidazole rings is 1. The minimum Gasteiger partial charge on any atom is -0.370 e. The van der Waals surface area contributed by atoms with Crippen LogP contribution in [0.15, 0.2) is 33.8 Å². The lowest BCUT2D eigenvalue weighted by molar-refractivity contribution is 0.0429. The molecule has 0 radical (unpaired) electrons. The molecule has 4 aromatic heterocycles. The SMILES string of the molecule is CC1CCCCC1.CCCOC(CC)c1nc2cc(-c3noc(=O)[nH]3)nc(-c3cncc(Cl)c3)c2n1C. The maximum atomic E-state index is 11.4. The molecule has 37 heavy (non-hydrogen) atoms. The molecule has 10 heteroatoms. The van der Waals surface area contributed by atoms with Crippen LogP contribution in [-0.2, 0) is 11.8 Å². The molecule has 198 valence electrons. The van der Waals surface area contributed by atoms with Crippen molar-refractivity contribution in [2.24, 2.45) is 13.0 Å². The molecule has 1 atom stereocenters. The molecule has 0 aliphatic heterocycles. The fraction of sp³-hybridized carbons (Fsp3) is 0.519. The molecule has 0 bridgehead atoms. The van der Waals surface area contributed by atoms with Crippen LogP contribution in [0.25, 0.3) is 33.8 Å². The summed E-state index contributed by atoms with van der Waals surface area (Å²) >= 11 is 6.17. The first-order chi connectivity index (χ1) is 17.9. The van der Waals surface area contributed by atoms with E-state index in [2.05, 4.69) is 40.4 Å². The Balaban J connectivity index is 0.000000396. The largest absolute Gasteiger partial charge is 0.439 e. The molecule has 1 unspecified atom stereocenters. The first-order valence-corrected chi connectivity index (χ1v) is 13.4. The molecule has 0 aromatic carbocycles. The Bertz CT molecular complexity index is 1370. The van der Waals surface area contributed by atoms with Crippen LogP contribution in [0.4, 0.5) is 0 Å². The number of fused-ring (bicyclic) bond motifs is 1. The second-order valence-electron chi connectivity index (χ2n) is 9.60. The van der Waals surface area contributed by atoms with E-state index in [-0.39, 0.29) is 11.9 Å². The lowest BCUT2D eigenvalue weighted by Crippen LogP contribution is -2.10. The van der Waals surface area contributed by atoms with Gasteiger partial charge < -0.3 is 9.30 Å². The second kappa shape index (κ2) is 12.5. The Morgan fingerprint density at radius 1 is 1.19 bits per heavy atom. The number of nitrogens with one attached hydrogen (secondary N) is 1. The van der Waals surface area contributed by atoms with Crippen molar-refractivity contribution in [1.29, 1.82) is 0 Å². The minimum atomic E-state index is -0.654. The van der Waals surface area contributed by atoms with Gasteiger partial charge in [0.1, 0.15) is 17.6 Å². The number of aryl methyl sites for hydroxylation is 1. The van der Waals surface area contributed by atoms with Gasteiger partial charge in [0.2, 0.25) is 5.82 Å². The Morgan fingerprint density at radius 2 is 1.97 bits per heavy atom. The van der Waals surface area contributed by atoms with Crippen molar-refractivity contribution in [1.82, 2.24) is 29.7 Å². The zero-order valence-electron chi connectivity index (χ0n) is 22.0. The van der Waals surface area contributed by atoms with Gasteiger partial charge >= 0.3 is 5.76 Å². The molecule has 1 aliphatic carbocycles. The molecular weight excluding hydrogens is 492 g/mol. The zero-order valence-corrected chi connectivity index (χ0v) is 22.7. The lowest BCUT2D eigenvalue weighted by Gasteiger charge is -2.15. The predicted octanol–water partition coefficient (Wildman–Crippen LogP) is 6.49. The zero-order chi connectivity index (χ0) is 26.4. The Hall–Kier alpha value is -3.04. The number of aromatic amines is 1. The van der Waals surface area contributed by atoms with Crippen molar-refractivity contribution in [2.45, 2.75) is 71.8 Å². The highest BCUT2D eigenvalue weighted by atomic mass is 35.5. The summed E-state index contributed by atoms with van der Waals surface area (Å²) in [5.41, 5.74) is 3.26. The number of pyridine rings is 2. The Kier molecular flexibility index (Phi) is 9.10. The van der Waals surface area contributed by atoms with Gasteiger partial charge in [-0.1, -0.05) is 69.6 Å². The standard InChI is InChI=1S/C20H21ClN6O3.C7H14/c1-4-6-29-15(5-2)19-24-13-8-14(18-25-20(28)30-26-18)23-16(17(13)27(19)3)11-7-12(21)10-22-9-11;1-7-5-3-2-4-6-7/h7-10,15H,4-6H2,1-3H3,(H,25,26,28);7H,2-6H2,1H3. The first kappa shape index (κ1) is 27.0. The summed E-state index contributed by atoms with van der Waals surface area (Å²) in [7, 11) is 1.93. The average molecular weight is 527 g/mol. The topological polar surface area (TPSA) is 112 Å². The summed E-state index contributed by atoms with van der Waals surface area (Å²) in [5.74, 6) is 1.40. The van der Waals surface area contributed by atoms with Crippen LogP contribution in [-0.4, -0.2) is 36.3 Å². The number of ether oxygens (including phenoxy) is 1. The van der Waals surface area contributed by atoms with Crippen LogP contribution in [0.5, 0.6) is 0 Å². The van der Waals surface area contributed by atoms with Crippen LogP contribution in [0.3, 0.4) is 0 Å². The van der Waals surface area contributed by atoms with E-state index in [1.807, 2.05) is 11.6 Å². The highest BCUT2D eigenvalue weighted by molar-refractivity contribution is 6.30. The van der Waals surface area contributed by atoms with Crippen LogP contribution in [0.1, 0.15) is 77.6 Å². The summed E-state index contributed by atoms with van der Waals surface area (Å²) in [5, 5.41) is 4.25.